The molecule has 0 amide bonds. The summed E-state index contributed by atoms with van der Waals surface area (Å²) in [6.07, 6.45) is 2.30. The molecule has 0 aromatic carbocycles. The van der Waals surface area contributed by atoms with Crippen LogP contribution in [0.3, 0.4) is 0 Å². The van der Waals surface area contributed by atoms with Gasteiger partial charge in [-0.3, -0.25) is 4.79 Å². The molecular weight excluding hydrogens is 99.5 g/mol. The van der Waals surface area contributed by atoms with E-state index in [2.05, 4.69) is 0 Å². The van der Waals surface area contributed by atoms with Crippen LogP contribution in [0, 0.1) is 0 Å². The molecule has 0 spiro atoms. The molecule has 0 fully saturated rings. The summed E-state index contributed by atoms with van der Waals surface area (Å²) in [5, 5.41) is -0.398. The first-order valence-corrected chi connectivity index (χ1v) is 2.26. The molecule has 0 aromatic heterocycles. The Hall–Kier alpha value is -0.0400. The lowest BCUT2D eigenvalue weighted by molar-refractivity contribution is 0.551. The molecule has 0 saturated carbocycles. The molecule has 2 heteroatoms. The van der Waals surface area contributed by atoms with Crippen molar-refractivity contribution in [3.63, 3.8) is 0 Å². The average Bonchev–Trinajstić information content (AvgIpc) is 1.65. The maximum absolute atomic E-state index is 9.48. The fourth-order valence-electron chi connectivity index (χ4n) is 0.0833. The average molecular weight is 106 g/mol. The van der Waals surface area contributed by atoms with E-state index >= 15 is 0 Å². The second-order valence-corrected chi connectivity index (χ2v) is 1.52. The Balaban J connectivity index is 2.96. The highest BCUT2D eigenvalue weighted by Crippen LogP contribution is 1.93. The molecular formula is C4H6ClO. The van der Waals surface area contributed by atoms with Crippen LogP contribution in [0.25, 0.3) is 0 Å². The van der Waals surface area contributed by atoms with Gasteiger partial charge in [0.05, 0.1) is 5.38 Å². The van der Waals surface area contributed by atoms with E-state index in [1.807, 2.05) is 6.92 Å². The van der Waals surface area contributed by atoms with Crippen LogP contribution >= 0.6 is 11.6 Å². The van der Waals surface area contributed by atoms with E-state index < -0.39 is 5.38 Å². The number of halogens is 1. The highest BCUT2D eigenvalue weighted by molar-refractivity contribution is 6.27. The van der Waals surface area contributed by atoms with Gasteiger partial charge >= 0.3 is 0 Å². The molecule has 6 heavy (non-hydrogen) atoms. The monoisotopic (exact) mass is 105 g/mol. The quantitative estimate of drug-likeness (QED) is 0.481. The van der Waals surface area contributed by atoms with E-state index in [0.717, 1.165) is 0 Å². The third-order valence-corrected chi connectivity index (χ3v) is 0.884. The van der Waals surface area contributed by atoms with Crippen molar-refractivity contribution in [2.45, 2.75) is 18.7 Å². The van der Waals surface area contributed by atoms with Crippen molar-refractivity contribution in [3.8, 4) is 0 Å². The van der Waals surface area contributed by atoms with Crippen molar-refractivity contribution in [2.75, 3.05) is 0 Å². The van der Waals surface area contributed by atoms with Gasteiger partial charge in [-0.1, -0.05) is 6.92 Å². The second kappa shape index (κ2) is 3.16. The van der Waals surface area contributed by atoms with Crippen molar-refractivity contribution >= 4 is 17.9 Å². The largest absolute Gasteiger partial charge is 0.289 e. The molecule has 0 aliphatic carbocycles. The SMILES string of the molecule is CCC(Cl)[C]=O. The summed E-state index contributed by atoms with van der Waals surface area (Å²) in [6, 6.07) is 0. The van der Waals surface area contributed by atoms with Crippen LogP contribution in [-0.2, 0) is 4.79 Å². The zero-order valence-corrected chi connectivity index (χ0v) is 4.33. The first-order chi connectivity index (χ1) is 2.81. The Bertz CT molecular complexity index is 44.8. The summed E-state index contributed by atoms with van der Waals surface area (Å²) >= 11 is 5.23. The molecule has 1 radical (unpaired) electrons. The summed E-state index contributed by atoms with van der Waals surface area (Å²) in [6.45, 7) is 1.84. The standard InChI is InChI=1S/C4H6ClO/c1-2-4(5)3-6/h4H,2H2,1H3. The third kappa shape index (κ3) is 2.21. The molecule has 1 unspecified atom stereocenters. The minimum absolute atomic E-state index is 0.398. The van der Waals surface area contributed by atoms with Gasteiger partial charge in [0.25, 0.3) is 0 Å². The summed E-state index contributed by atoms with van der Waals surface area (Å²) in [5.74, 6) is 0. The number of alkyl halides is 1. The molecule has 0 rings (SSSR count). The van der Waals surface area contributed by atoms with Crippen LogP contribution in [0.5, 0.6) is 0 Å². The Morgan fingerprint density at radius 2 is 2.50 bits per heavy atom. The van der Waals surface area contributed by atoms with Crippen molar-refractivity contribution < 1.29 is 4.79 Å². The summed E-state index contributed by atoms with van der Waals surface area (Å²) in [5.41, 5.74) is 0. The number of hydrogen-bond donors (Lipinski definition) is 0. The van der Waals surface area contributed by atoms with Gasteiger partial charge in [0.2, 0.25) is 6.29 Å². The molecule has 35 valence electrons. The third-order valence-electron chi connectivity index (χ3n) is 0.486. The van der Waals surface area contributed by atoms with Crippen LogP contribution in [0.15, 0.2) is 0 Å². The van der Waals surface area contributed by atoms with Crippen LogP contribution in [0.4, 0.5) is 0 Å². The van der Waals surface area contributed by atoms with E-state index in [9.17, 15) is 4.79 Å². The number of carbonyl (C=O) groups excluding carboxylic acids is 1. The predicted molar refractivity (Wildman–Crippen MR) is 25.6 cm³/mol. The van der Waals surface area contributed by atoms with Gasteiger partial charge in [0.1, 0.15) is 0 Å². The van der Waals surface area contributed by atoms with E-state index in [0.29, 0.717) is 6.42 Å². The smallest absolute Gasteiger partial charge is 0.217 e. The molecule has 0 bridgehead atoms. The lowest BCUT2D eigenvalue weighted by Gasteiger charge is -1.85. The lowest BCUT2D eigenvalue weighted by atomic mass is 10.4. The topological polar surface area (TPSA) is 17.1 Å². The summed E-state index contributed by atoms with van der Waals surface area (Å²) in [7, 11) is 0. The molecule has 0 heterocycles. The maximum Gasteiger partial charge on any atom is 0.217 e. The van der Waals surface area contributed by atoms with Gasteiger partial charge in [-0.15, -0.1) is 11.6 Å². The van der Waals surface area contributed by atoms with Crippen LogP contribution < -0.4 is 0 Å². The molecule has 0 aromatic rings. The summed E-state index contributed by atoms with van der Waals surface area (Å²) in [4.78, 5) is 9.48. The van der Waals surface area contributed by atoms with Gasteiger partial charge < -0.3 is 0 Å². The van der Waals surface area contributed by atoms with Crippen LogP contribution in [-0.4, -0.2) is 11.7 Å². The Kier molecular flexibility index (Phi) is 3.14. The minimum Gasteiger partial charge on any atom is -0.289 e. The van der Waals surface area contributed by atoms with Crippen molar-refractivity contribution in [1.29, 1.82) is 0 Å². The van der Waals surface area contributed by atoms with Crippen LogP contribution in [0.1, 0.15) is 13.3 Å². The fourth-order valence-corrected chi connectivity index (χ4v) is 0.0833. The molecule has 0 saturated heterocycles. The van der Waals surface area contributed by atoms with Gasteiger partial charge in [0.15, 0.2) is 0 Å². The molecule has 1 nitrogen and oxygen atoms in total. The van der Waals surface area contributed by atoms with Crippen molar-refractivity contribution in [2.24, 2.45) is 0 Å². The van der Waals surface area contributed by atoms with Gasteiger partial charge in [-0.2, -0.15) is 0 Å². The molecule has 0 aliphatic rings. The Morgan fingerprint density at radius 1 is 2.00 bits per heavy atom. The van der Waals surface area contributed by atoms with E-state index in [1.54, 1.807) is 6.29 Å². The number of hydrogen-bond acceptors (Lipinski definition) is 1. The molecule has 1 atom stereocenters. The fraction of sp³-hybridized carbons (Fsp3) is 0.750. The normalized spacial score (nSPS) is 13.7. The predicted octanol–water partition coefficient (Wildman–Crippen LogP) is 1.11. The first kappa shape index (κ1) is 5.96. The van der Waals surface area contributed by atoms with Gasteiger partial charge in [0, 0.05) is 0 Å². The van der Waals surface area contributed by atoms with Crippen molar-refractivity contribution in [1.82, 2.24) is 0 Å². The highest BCUT2D eigenvalue weighted by atomic mass is 35.5. The Labute approximate surface area is 42.3 Å². The van der Waals surface area contributed by atoms with Crippen LogP contribution in [0.2, 0.25) is 0 Å². The second-order valence-electron chi connectivity index (χ2n) is 0.994. The first-order valence-electron chi connectivity index (χ1n) is 1.83. The maximum atomic E-state index is 9.48. The highest BCUT2D eigenvalue weighted by Gasteiger charge is 1.94. The Morgan fingerprint density at radius 3 is 2.50 bits per heavy atom. The summed E-state index contributed by atoms with van der Waals surface area (Å²) < 4.78 is 0. The number of rotatable bonds is 2. The molecule has 0 aliphatic heterocycles. The van der Waals surface area contributed by atoms with Crippen molar-refractivity contribution in [3.05, 3.63) is 0 Å². The molecule has 0 N–H and O–H groups in total. The van der Waals surface area contributed by atoms with E-state index in [4.69, 9.17) is 11.6 Å². The van der Waals surface area contributed by atoms with E-state index in [-0.39, 0.29) is 0 Å². The van der Waals surface area contributed by atoms with Gasteiger partial charge in [-0.25, -0.2) is 0 Å². The van der Waals surface area contributed by atoms with Gasteiger partial charge in [-0.05, 0) is 6.42 Å². The van der Waals surface area contributed by atoms with E-state index in [1.165, 1.54) is 0 Å². The zero-order chi connectivity index (χ0) is 4.99. The minimum atomic E-state index is -0.398. The zero-order valence-electron chi connectivity index (χ0n) is 3.57. The lowest BCUT2D eigenvalue weighted by Crippen LogP contribution is -1.93.